The van der Waals surface area contributed by atoms with E-state index in [0.717, 1.165) is 5.57 Å². The molecular formula is C14H10S2. The fourth-order valence-electron chi connectivity index (χ4n) is 1.87. The van der Waals surface area contributed by atoms with Crippen molar-refractivity contribution in [2.75, 3.05) is 0 Å². The predicted molar refractivity (Wildman–Crippen MR) is 73.7 cm³/mol. The molecule has 0 bridgehead atoms. The standard InChI is InChI=1S/C14H10S2/c1-10-6-7-11(12-4-2-8-15-12)14(10)13-5-3-9-16-13/h2-9H,1H2. The zero-order chi connectivity index (χ0) is 11.0. The van der Waals surface area contributed by atoms with E-state index in [1.807, 2.05) is 0 Å². The molecule has 2 heterocycles. The Bertz CT molecular complexity index is 530. The average molecular weight is 242 g/mol. The minimum absolute atomic E-state index is 1.12. The van der Waals surface area contributed by atoms with Crippen LogP contribution in [0.2, 0.25) is 0 Å². The number of hydrogen-bond donors (Lipinski definition) is 0. The summed E-state index contributed by atoms with van der Waals surface area (Å²) in [5, 5.41) is 4.23. The monoisotopic (exact) mass is 242 g/mol. The lowest BCUT2D eigenvalue weighted by Gasteiger charge is -2.04. The van der Waals surface area contributed by atoms with Crippen LogP contribution in [0.25, 0.3) is 11.1 Å². The quantitative estimate of drug-likeness (QED) is 0.706. The van der Waals surface area contributed by atoms with Crippen LogP contribution in [-0.2, 0) is 0 Å². The van der Waals surface area contributed by atoms with Crippen molar-refractivity contribution in [2.45, 2.75) is 0 Å². The van der Waals surface area contributed by atoms with Gasteiger partial charge in [0.05, 0.1) is 0 Å². The van der Waals surface area contributed by atoms with E-state index in [1.165, 1.54) is 20.9 Å². The summed E-state index contributed by atoms with van der Waals surface area (Å²) < 4.78 is 0. The lowest BCUT2D eigenvalue weighted by Crippen LogP contribution is -1.82. The number of thiophene rings is 2. The van der Waals surface area contributed by atoms with Crippen molar-refractivity contribution in [1.82, 2.24) is 0 Å². The van der Waals surface area contributed by atoms with Crippen LogP contribution in [0.15, 0.2) is 59.3 Å². The first-order valence-corrected chi connectivity index (χ1v) is 6.81. The minimum atomic E-state index is 1.12. The molecule has 3 rings (SSSR count). The first-order chi connectivity index (χ1) is 7.86. The number of rotatable bonds is 2. The smallest absolute Gasteiger partial charge is 0.0355 e. The van der Waals surface area contributed by atoms with E-state index in [2.05, 4.69) is 53.8 Å². The summed E-state index contributed by atoms with van der Waals surface area (Å²) in [5.74, 6) is 0. The molecule has 0 atom stereocenters. The van der Waals surface area contributed by atoms with Gasteiger partial charge in [-0.2, -0.15) is 0 Å². The van der Waals surface area contributed by atoms with E-state index in [1.54, 1.807) is 22.7 Å². The van der Waals surface area contributed by atoms with Crippen LogP contribution < -0.4 is 0 Å². The molecule has 0 amide bonds. The molecule has 0 N–H and O–H groups in total. The minimum Gasteiger partial charge on any atom is -0.144 e. The first kappa shape index (κ1) is 9.82. The van der Waals surface area contributed by atoms with E-state index in [4.69, 9.17) is 0 Å². The normalized spacial score (nSPS) is 15.1. The molecule has 1 aliphatic rings. The van der Waals surface area contributed by atoms with E-state index >= 15 is 0 Å². The molecule has 1 aliphatic carbocycles. The Morgan fingerprint density at radius 2 is 1.56 bits per heavy atom. The molecule has 0 aromatic carbocycles. The van der Waals surface area contributed by atoms with Crippen LogP contribution in [0.5, 0.6) is 0 Å². The Hall–Kier alpha value is -1.38. The number of allylic oxidation sites excluding steroid dienone is 5. The highest BCUT2D eigenvalue weighted by Crippen LogP contribution is 2.40. The largest absolute Gasteiger partial charge is 0.144 e. The third-order valence-corrected chi connectivity index (χ3v) is 4.39. The summed E-state index contributed by atoms with van der Waals surface area (Å²) in [4.78, 5) is 2.62. The Labute approximate surface area is 103 Å². The maximum Gasteiger partial charge on any atom is 0.0355 e. The zero-order valence-corrected chi connectivity index (χ0v) is 10.3. The maximum absolute atomic E-state index is 4.12. The Morgan fingerprint density at radius 3 is 2.19 bits per heavy atom. The summed E-state index contributed by atoms with van der Waals surface area (Å²) in [6.45, 7) is 4.12. The summed E-state index contributed by atoms with van der Waals surface area (Å²) in [6.07, 6.45) is 4.27. The fraction of sp³-hybridized carbons (Fsp3) is 0. The molecule has 0 radical (unpaired) electrons. The zero-order valence-electron chi connectivity index (χ0n) is 8.64. The molecule has 0 saturated carbocycles. The van der Waals surface area contributed by atoms with Crippen molar-refractivity contribution in [3.05, 3.63) is 69.1 Å². The van der Waals surface area contributed by atoms with Gasteiger partial charge in [0.15, 0.2) is 0 Å². The van der Waals surface area contributed by atoms with Crippen LogP contribution in [0.4, 0.5) is 0 Å². The first-order valence-electron chi connectivity index (χ1n) is 5.05. The second-order valence-corrected chi connectivity index (χ2v) is 5.50. The summed E-state index contributed by atoms with van der Waals surface area (Å²) >= 11 is 3.55. The van der Waals surface area contributed by atoms with Gasteiger partial charge in [-0.25, -0.2) is 0 Å². The van der Waals surface area contributed by atoms with E-state index < -0.39 is 0 Å². The molecule has 0 nitrogen and oxygen atoms in total. The van der Waals surface area contributed by atoms with Gasteiger partial charge in [0, 0.05) is 20.9 Å². The third-order valence-electron chi connectivity index (χ3n) is 2.60. The highest BCUT2D eigenvalue weighted by atomic mass is 32.1. The van der Waals surface area contributed by atoms with Gasteiger partial charge in [0.25, 0.3) is 0 Å². The Balaban J connectivity index is 2.19. The van der Waals surface area contributed by atoms with Gasteiger partial charge in [-0.15, -0.1) is 22.7 Å². The topological polar surface area (TPSA) is 0 Å². The molecule has 0 aliphatic heterocycles. The Morgan fingerprint density at radius 1 is 0.875 bits per heavy atom. The molecule has 78 valence electrons. The van der Waals surface area contributed by atoms with Gasteiger partial charge in [-0.3, -0.25) is 0 Å². The average Bonchev–Trinajstić information content (AvgIpc) is 2.96. The highest BCUT2D eigenvalue weighted by molar-refractivity contribution is 7.12. The summed E-state index contributed by atoms with van der Waals surface area (Å²) in [6, 6.07) is 8.50. The second-order valence-electron chi connectivity index (χ2n) is 3.60. The van der Waals surface area contributed by atoms with Crippen molar-refractivity contribution >= 4 is 33.8 Å². The summed E-state index contributed by atoms with van der Waals surface area (Å²) in [7, 11) is 0. The van der Waals surface area contributed by atoms with Crippen LogP contribution in [0, 0.1) is 0 Å². The van der Waals surface area contributed by atoms with Crippen LogP contribution >= 0.6 is 22.7 Å². The lowest BCUT2D eigenvalue weighted by atomic mass is 10.1. The van der Waals surface area contributed by atoms with Crippen molar-refractivity contribution < 1.29 is 0 Å². The predicted octanol–water partition coefficient (Wildman–Crippen LogP) is 4.85. The van der Waals surface area contributed by atoms with Gasteiger partial charge >= 0.3 is 0 Å². The van der Waals surface area contributed by atoms with Crippen molar-refractivity contribution in [3.8, 4) is 0 Å². The van der Waals surface area contributed by atoms with Gasteiger partial charge in [0.2, 0.25) is 0 Å². The molecule has 0 unspecified atom stereocenters. The van der Waals surface area contributed by atoms with Gasteiger partial charge in [-0.05, 0) is 28.5 Å². The van der Waals surface area contributed by atoms with Crippen LogP contribution in [-0.4, -0.2) is 0 Å². The molecule has 0 fully saturated rings. The van der Waals surface area contributed by atoms with Crippen molar-refractivity contribution in [3.63, 3.8) is 0 Å². The number of hydrogen-bond acceptors (Lipinski definition) is 2. The molecule has 0 spiro atoms. The lowest BCUT2D eigenvalue weighted by molar-refractivity contribution is 1.78. The SMILES string of the molecule is C=C1C=CC(c2cccs2)=C1c1cccs1. The van der Waals surface area contributed by atoms with Crippen LogP contribution in [0.1, 0.15) is 9.75 Å². The molecular weight excluding hydrogens is 232 g/mol. The molecule has 2 aromatic heterocycles. The van der Waals surface area contributed by atoms with E-state index in [-0.39, 0.29) is 0 Å². The van der Waals surface area contributed by atoms with Gasteiger partial charge in [-0.1, -0.05) is 30.9 Å². The van der Waals surface area contributed by atoms with Crippen LogP contribution in [0.3, 0.4) is 0 Å². The van der Waals surface area contributed by atoms with Gasteiger partial charge in [0.1, 0.15) is 0 Å². The van der Waals surface area contributed by atoms with Crippen molar-refractivity contribution in [1.29, 1.82) is 0 Å². The van der Waals surface area contributed by atoms with E-state index in [0.29, 0.717) is 0 Å². The molecule has 2 aromatic rings. The molecule has 2 heteroatoms. The maximum atomic E-state index is 4.12. The Kier molecular flexibility index (Phi) is 2.39. The summed E-state index contributed by atoms with van der Waals surface area (Å²) in [5.41, 5.74) is 3.71. The highest BCUT2D eigenvalue weighted by Gasteiger charge is 2.17. The molecule has 0 saturated heterocycles. The van der Waals surface area contributed by atoms with Crippen molar-refractivity contribution in [2.24, 2.45) is 0 Å². The second kappa shape index (κ2) is 3.89. The third kappa shape index (κ3) is 1.51. The fourth-order valence-corrected chi connectivity index (χ4v) is 3.45. The van der Waals surface area contributed by atoms with E-state index in [9.17, 15) is 0 Å². The van der Waals surface area contributed by atoms with Gasteiger partial charge < -0.3 is 0 Å². The molecule has 16 heavy (non-hydrogen) atoms.